The van der Waals surface area contributed by atoms with E-state index < -0.39 is 6.10 Å². The topological polar surface area (TPSA) is 73.6 Å². The van der Waals surface area contributed by atoms with E-state index in [1.165, 1.54) is 0 Å². The molecule has 1 aromatic rings. The molecule has 0 radical (unpaired) electrons. The van der Waals surface area contributed by atoms with E-state index in [0.29, 0.717) is 34.5 Å². The number of nitrogens with one attached hydrogen (secondary N) is 1. The minimum absolute atomic E-state index is 0.216. The number of nitrogens with two attached hydrogens (primary N) is 1. The lowest BCUT2D eigenvalue weighted by Gasteiger charge is -2.18. The first-order chi connectivity index (χ1) is 9.49. The molecule has 0 spiro atoms. The van der Waals surface area contributed by atoms with Crippen LogP contribution in [0.3, 0.4) is 0 Å². The molecule has 0 saturated carbocycles. The molecule has 0 bridgehead atoms. The normalized spacial score (nSPS) is 12.1. The van der Waals surface area contributed by atoms with Gasteiger partial charge in [-0.3, -0.25) is 4.79 Å². The molecule has 112 valence electrons. The van der Waals surface area contributed by atoms with Crippen molar-refractivity contribution in [3.8, 4) is 5.75 Å². The molecular formula is C13H18Cl2N2O3. The molecule has 1 unspecified atom stereocenters. The first kappa shape index (κ1) is 17.0. The van der Waals surface area contributed by atoms with E-state index in [4.69, 9.17) is 38.4 Å². The Labute approximate surface area is 128 Å². The molecular weight excluding hydrogens is 303 g/mol. The number of carbonyl (C=O) groups is 1. The van der Waals surface area contributed by atoms with Crippen molar-refractivity contribution in [2.45, 2.75) is 19.6 Å². The van der Waals surface area contributed by atoms with Gasteiger partial charge in [-0.2, -0.15) is 0 Å². The van der Waals surface area contributed by atoms with E-state index in [1.807, 2.05) is 0 Å². The molecule has 0 aromatic heterocycles. The summed E-state index contributed by atoms with van der Waals surface area (Å²) in [7, 11) is 1.56. The Bertz CT molecular complexity index is 469. The van der Waals surface area contributed by atoms with Crippen LogP contribution in [-0.2, 0) is 16.1 Å². The van der Waals surface area contributed by atoms with E-state index in [2.05, 4.69) is 5.32 Å². The number of methoxy groups -OCH3 is 1. The first-order valence-electron chi connectivity index (χ1n) is 6.10. The molecule has 0 aliphatic heterocycles. The summed E-state index contributed by atoms with van der Waals surface area (Å²) in [5.41, 5.74) is 6.28. The van der Waals surface area contributed by atoms with Crippen LogP contribution in [0.1, 0.15) is 12.5 Å². The van der Waals surface area contributed by atoms with Crippen LogP contribution in [0.15, 0.2) is 12.1 Å². The SMILES string of the molecule is COCCNC(=O)C(C)Oc1c(Cl)cc(Cl)cc1CN. The van der Waals surface area contributed by atoms with Crippen LogP contribution < -0.4 is 15.8 Å². The molecule has 0 heterocycles. The number of rotatable bonds is 7. The quantitative estimate of drug-likeness (QED) is 0.753. The predicted octanol–water partition coefficient (Wildman–Crippen LogP) is 1.98. The lowest BCUT2D eigenvalue weighted by molar-refractivity contribution is -0.127. The number of amides is 1. The summed E-state index contributed by atoms with van der Waals surface area (Å²) < 4.78 is 10.4. The van der Waals surface area contributed by atoms with Crippen molar-refractivity contribution in [1.29, 1.82) is 0 Å². The van der Waals surface area contributed by atoms with Gasteiger partial charge in [0.15, 0.2) is 6.10 Å². The summed E-state index contributed by atoms with van der Waals surface area (Å²) in [6.07, 6.45) is -0.698. The van der Waals surface area contributed by atoms with Crippen LogP contribution in [0.5, 0.6) is 5.75 Å². The fourth-order valence-corrected chi connectivity index (χ4v) is 2.13. The van der Waals surface area contributed by atoms with Crippen molar-refractivity contribution in [1.82, 2.24) is 5.32 Å². The van der Waals surface area contributed by atoms with Gasteiger partial charge < -0.3 is 20.5 Å². The van der Waals surface area contributed by atoms with E-state index in [1.54, 1.807) is 26.2 Å². The summed E-state index contributed by atoms with van der Waals surface area (Å²) in [6, 6.07) is 3.21. The highest BCUT2D eigenvalue weighted by atomic mass is 35.5. The maximum atomic E-state index is 11.8. The Hall–Kier alpha value is -1.01. The number of carbonyl (C=O) groups excluding carboxylic acids is 1. The van der Waals surface area contributed by atoms with Crippen molar-refractivity contribution in [2.75, 3.05) is 20.3 Å². The molecule has 0 aliphatic rings. The average Bonchev–Trinajstić information content (AvgIpc) is 2.41. The van der Waals surface area contributed by atoms with Gasteiger partial charge in [0.1, 0.15) is 5.75 Å². The monoisotopic (exact) mass is 320 g/mol. The summed E-state index contributed by atoms with van der Waals surface area (Å²) in [5, 5.41) is 3.48. The largest absolute Gasteiger partial charge is 0.479 e. The van der Waals surface area contributed by atoms with Crippen LogP contribution in [0.2, 0.25) is 10.0 Å². The Morgan fingerprint density at radius 3 is 2.75 bits per heavy atom. The second-order valence-corrected chi connectivity index (χ2v) is 4.97. The third kappa shape index (κ3) is 4.83. The summed E-state index contributed by atoms with van der Waals surface area (Å²) in [6.45, 7) is 2.70. The van der Waals surface area contributed by atoms with E-state index in [-0.39, 0.29) is 12.5 Å². The minimum atomic E-state index is -0.698. The van der Waals surface area contributed by atoms with Gasteiger partial charge in [0.05, 0.1) is 11.6 Å². The van der Waals surface area contributed by atoms with Crippen LogP contribution in [0, 0.1) is 0 Å². The third-order valence-electron chi connectivity index (χ3n) is 2.57. The molecule has 7 heteroatoms. The van der Waals surface area contributed by atoms with Crippen molar-refractivity contribution in [3.05, 3.63) is 27.7 Å². The third-order valence-corrected chi connectivity index (χ3v) is 3.07. The van der Waals surface area contributed by atoms with Gasteiger partial charge in [0.25, 0.3) is 5.91 Å². The maximum absolute atomic E-state index is 11.8. The maximum Gasteiger partial charge on any atom is 0.260 e. The summed E-state index contributed by atoms with van der Waals surface area (Å²) in [4.78, 5) is 11.8. The lowest BCUT2D eigenvalue weighted by Crippen LogP contribution is -2.38. The molecule has 1 atom stereocenters. The Balaban J connectivity index is 2.74. The highest BCUT2D eigenvalue weighted by molar-refractivity contribution is 6.35. The minimum Gasteiger partial charge on any atom is -0.479 e. The molecule has 1 rings (SSSR count). The Morgan fingerprint density at radius 2 is 2.15 bits per heavy atom. The van der Waals surface area contributed by atoms with Gasteiger partial charge in [0.2, 0.25) is 0 Å². The lowest BCUT2D eigenvalue weighted by atomic mass is 10.2. The highest BCUT2D eigenvalue weighted by Crippen LogP contribution is 2.32. The second kappa shape index (κ2) is 8.32. The van der Waals surface area contributed by atoms with E-state index >= 15 is 0 Å². The number of ether oxygens (including phenoxy) is 2. The summed E-state index contributed by atoms with van der Waals surface area (Å²) in [5.74, 6) is 0.129. The fourth-order valence-electron chi connectivity index (χ4n) is 1.55. The zero-order valence-electron chi connectivity index (χ0n) is 11.4. The number of hydrogen-bond donors (Lipinski definition) is 2. The van der Waals surface area contributed by atoms with Gasteiger partial charge in [-0.25, -0.2) is 0 Å². The molecule has 1 aromatic carbocycles. The van der Waals surface area contributed by atoms with Crippen LogP contribution in [0.4, 0.5) is 0 Å². The number of hydrogen-bond acceptors (Lipinski definition) is 4. The second-order valence-electron chi connectivity index (χ2n) is 4.12. The molecule has 0 aliphatic carbocycles. The molecule has 3 N–H and O–H groups in total. The van der Waals surface area contributed by atoms with Gasteiger partial charge in [-0.15, -0.1) is 0 Å². The number of halogens is 2. The highest BCUT2D eigenvalue weighted by Gasteiger charge is 2.18. The van der Waals surface area contributed by atoms with Crippen LogP contribution in [-0.4, -0.2) is 32.3 Å². The number of benzene rings is 1. The van der Waals surface area contributed by atoms with Crippen molar-refractivity contribution < 1.29 is 14.3 Å². The molecule has 0 fully saturated rings. The van der Waals surface area contributed by atoms with Gasteiger partial charge in [-0.1, -0.05) is 23.2 Å². The molecule has 1 amide bonds. The average molecular weight is 321 g/mol. The van der Waals surface area contributed by atoms with Crippen molar-refractivity contribution >= 4 is 29.1 Å². The Morgan fingerprint density at radius 1 is 1.45 bits per heavy atom. The Kier molecular flexibility index (Phi) is 7.09. The van der Waals surface area contributed by atoms with Crippen LogP contribution in [0.25, 0.3) is 0 Å². The summed E-state index contributed by atoms with van der Waals surface area (Å²) >= 11 is 12.0. The van der Waals surface area contributed by atoms with E-state index in [9.17, 15) is 4.79 Å². The zero-order chi connectivity index (χ0) is 15.1. The standard InChI is InChI=1S/C13H18Cl2N2O3/c1-8(13(18)17-3-4-19-2)20-12-9(7-16)5-10(14)6-11(12)15/h5-6,8H,3-4,7,16H2,1-2H3,(H,17,18). The predicted molar refractivity (Wildman–Crippen MR) is 79.3 cm³/mol. The van der Waals surface area contributed by atoms with Gasteiger partial charge >= 0.3 is 0 Å². The zero-order valence-corrected chi connectivity index (χ0v) is 12.9. The molecule has 20 heavy (non-hydrogen) atoms. The smallest absolute Gasteiger partial charge is 0.260 e. The molecule has 5 nitrogen and oxygen atoms in total. The van der Waals surface area contributed by atoms with E-state index in [0.717, 1.165) is 0 Å². The molecule has 0 saturated heterocycles. The van der Waals surface area contributed by atoms with Gasteiger partial charge in [0, 0.05) is 30.8 Å². The van der Waals surface area contributed by atoms with Crippen LogP contribution >= 0.6 is 23.2 Å². The van der Waals surface area contributed by atoms with Crippen molar-refractivity contribution in [2.24, 2.45) is 5.73 Å². The van der Waals surface area contributed by atoms with Gasteiger partial charge in [-0.05, 0) is 19.1 Å². The first-order valence-corrected chi connectivity index (χ1v) is 6.86. The fraction of sp³-hybridized carbons (Fsp3) is 0.462. The van der Waals surface area contributed by atoms with Crippen molar-refractivity contribution in [3.63, 3.8) is 0 Å².